The number of carbonyl (C=O) groups is 3. The van der Waals surface area contributed by atoms with Crippen LogP contribution in [0.4, 0.5) is 10.1 Å². The SMILES string of the molecule is Cc1ccc(N2CCC(C(=O)N3CCCN(C(=O)c4ccc(F)cc4)CC3)C2=O)cc1. The molecular formula is C24H26FN3O3. The smallest absolute Gasteiger partial charge is 0.253 e. The highest BCUT2D eigenvalue weighted by molar-refractivity contribution is 6.09. The van der Waals surface area contributed by atoms with Crippen LogP contribution < -0.4 is 4.90 Å². The van der Waals surface area contributed by atoms with Crippen molar-refractivity contribution >= 4 is 23.4 Å². The fourth-order valence-electron chi connectivity index (χ4n) is 4.23. The molecule has 1 unspecified atom stereocenters. The molecule has 1 atom stereocenters. The summed E-state index contributed by atoms with van der Waals surface area (Å²) in [7, 11) is 0. The molecule has 2 aromatic rings. The van der Waals surface area contributed by atoms with E-state index in [1.165, 1.54) is 24.3 Å². The number of rotatable bonds is 3. The van der Waals surface area contributed by atoms with Crippen molar-refractivity contribution in [1.29, 1.82) is 0 Å². The first kappa shape index (κ1) is 21.0. The zero-order valence-electron chi connectivity index (χ0n) is 17.6. The van der Waals surface area contributed by atoms with Crippen molar-refractivity contribution in [2.24, 2.45) is 5.92 Å². The lowest BCUT2D eigenvalue weighted by atomic mass is 10.1. The maximum Gasteiger partial charge on any atom is 0.253 e. The Morgan fingerprint density at radius 1 is 0.871 bits per heavy atom. The molecule has 2 saturated heterocycles. The number of hydrogen-bond acceptors (Lipinski definition) is 3. The third-order valence-electron chi connectivity index (χ3n) is 6.04. The van der Waals surface area contributed by atoms with E-state index < -0.39 is 5.92 Å². The molecule has 0 N–H and O–H groups in total. The summed E-state index contributed by atoms with van der Waals surface area (Å²) in [5.41, 5.74) is 2.37. The maximum absolute atomic E-state index is 13.1. The summed E-state index contributed by atoms with van der Waals surface area (Å²) in [5, 5.41) is 0. The van der Waals surface area contributed by atoms with Gasteiger partial charge in [0.1, 0.15) is 11.7 Å². The number of aryl methyl sites for hydroxylation is 1. The molecular weight excluding hydrogens is 397 g/mol. The molecule has 162 valence electrons. The van der Waals surface area contributed by atoms with E-state index in [0.717, 1.165) is 11.3 Å². The summed E-state index contributed by atoms with van der Waals surface area (Å²) in [6, 6.07) is 13.2. The Hall–Kier alpha value is -3.22. The van der Waals surface area contributed by atoms with Crippen LogP contribution in [0.5, 0.6) is 0 Å². The van der Waals surface area contributed by atoms with Crippen LogP contribution >= 0.6 is 0 Å². The highest BCUT2D eigenvalue weighted by atomic mass is 19.1. The predicted molar refractivity (Wildman–Crippen MR) is 115 cm³/mol. The second kappa shape index (κ2) is 8.88. The molecule has 2 aliphatic heterocycles. The Morgan fingerprint density at radius 3 is 2.23 bits per heavy atom. The summed E-state index contributed by atoms with van der Waals surface area (Å²) in [4.78, 5) is 43.8. The van der Waals surface area contributed by atoms with Crippen molar-refractivity contribution in [3.05, 3.63) is 65.5 Å². The Balaban J connectivity index is 1.38. The number of benzene rings is 2. The normalized spacial score (nSPS) is 19.5. The molecule has 0 aromatic heterocycles. The average molecular weight is 423 g/mol. The van der Waals surface area contributed by atoms with E-state index in [4.69, 9.17) is 0 Å². The minimum absolute atomic E-state index is 0.155. The molecule has 0 spiro atoms. The quantitative estimate of drug-likeness (QED) is 0.714. The molecule has 4 rings (SSSR count). The van der Waals surface area contributed by atoms with Crippen LogP contribution in [0.2, 0.25) is 0 Å². The van der Waals surface area contributed by atoms with Gasteiger partial charge in [-0.1, -0.05) is 17.7 Å². The molecule has 7 heteroatoms. The number of nitrogens with zero attached hydrogens (tertiary/aromatic N) is 3. The van der Waals surface area contributed by atoms with Gasteiger partial charge in [-0.2, -0.15) is 0 Å². The first-order chi connectivity index (χ1) is 14.9. The fourth-order valence-corrected chi connectivity index (χ4v) is 4.23. The van der Waals surface area contributed by atoms with E-state index in [2.05, 4.69) is 0 Å². The van der Waals surface area contributed by atoms with Gasteiger partial charge in [-0.05, 0) is 56.2 Å². The molecule has 0 radical (unpaired) electrons. The Bertz CT molecular complexity index is 975. The fraction of sp³-hybridized carbons (Fsp3) is 0.375. The van der Waals surface area contributed by atoms with Crippen molar-refractivity contribution in [2.45, 2.75) is 19.8 Å². The van der Waals surface area contributed by atoms with Crippen molar-refractivity contribution in [1.82, 2.24) is 9.80 Å². The molecule has 6 nitrogen and oxygen atoms in total. The molecule has 2 heterocycles. The van der Waals surface area contributed by atoms with Crippen molar-refractivity contribution < 1.29 is 18.8 Å². The van der Waals surface area contributed by atoms with E-state index in [9.17, 15) is 18.8 Å². The lowest BCUT2D eigenvalue weighted by Crippen LogP contribution is -2.42. The lowest BCUT2D eigenvalue weighted by Gasteiger charge is -2.24. The minimum Gasteiger partial charge on any atom is -0.340 e. The Morgan fingerprint density at radius 2 is 1.52 bits per heavy atom. The number of amides is 3. The molecule has 2 aromatic carbocycles. The number of hydrogen-bond donors (Lipinski definition) is 0. The van der Waals surface area contributed by atoms with E-state index in [0.29, 0.717) is 51.1 Å². The van der Waals surface area contributed by atoms with Crippen LogP contribution in [0.1, 0.15) is 28.8 Å². The first-order valence-electron chi connectivity index (χ1n) is 10.7. The number of carbonyl (C=O) groups excluding carboxylic acids is 3. The Kier molecular flexibility index (Phi) is 6.02. The third kappa shape index (κ3) is 4.45. The third-order valence-corrected chi connectivity index (χ3v) is 6.04. The highest BCUT2D eigenvalue weighted by Gasteiger charge is 2.40. The van der Waals surface area contributed by atoms with E-state index in [1.54, 1.807) is 14.7 Å². The highest BCUT2D eigenvalue weighted by Crippen LogP contribution is 2.27. The molecule has 31 heavy (non-hydrogen) atoms. The van der Waals surface area contributed by atoms with Crippen LogP contribution in [-0.2, 0) is 9.59 Å². The second-order valence-electron chi connectivity index (χ2n) is 8.14. The van der Waals surface area contributed by atoms with Gasteiger partial charge in [0.15, 0.2) is 0 Å². The predicted octanol–water partition coefficient (Wildman–Crippen LogP) is 2.86. The van der Waals surface area contributed by atoms with Crippen LogP contribution in [-0.4, -0.2) is 60.2 Å². The zero-order valence-corrected chi connectivity index (χ0v) is 17.6. The molecule has 2 fully saturated rings. The number of anilines is 1. The van der Waals surface area contributed by atoms with Gasteiger partial charge in [-0.15, -0.1) is 0 Å². The standard InChI is InChI=1S/C24H26FN3O3/c1-17-3-9-20(10-4-17)28-14-11-21(24(28)31)23(30)27-13-2-12-26(15-16-27)22(29)18-5-7-19(25)8-6-18/h3-10,21H,2,11-16H2,1H3. The maximum atomic E-state index is 13.1. The molecule has 0 aliphatic carbocycles. The molecule has 0 saturated carbocycles. The van der Waals surface area contributed by atoms with Gasteiger partial charge in [0.2, 0.25) is 11.8 Å². The molecule has 2 aliphatic rings. The largest absolute Gasteiger partial charge is 0.340 e. The van der Waals surface area contributed by atoms with E-state index in [-0.39, 0.29) is 23.5 Å². The van der Waals surface area contributed by atoms with Gasteiger partial charge in [-0.25, -0.2) is 4.39 Å². The van der Waals surface area contributed by atoms with E-state index >= 15 is 0 Å². The van der Waals surface area contributed by atoms with Gasteiger partial charge in [0, 0.05) is 44.0 Å². The topological polar surface area (TPSA) is 60.9 Å². The van der Waals surface area contributed by atoms with Crippen LogP contribution in [0.25, 0.3) is 0 Å². The van der Waals surface area contributed by atoms with Crippen LogP contribution in [0.3, 0.4) is 0 Å². The van der Waals surface area contributed by atoms with E-state index in [1.807, 2.05) is 31.2 Å². The summed E-state index contributed by atoms with van der Waals surface area (Å²) >= 11 is 0. The van der Waals surface area contributed by atoms with Crippen LogP contribution in [0.15, 0.2) is 48.5 Å². The van der Waals surface area contributed by atoms with Gasteiger partial charge in [0.25, 0.3) is 5.91 Å². The van der Waals surface area contributed by atoms with Crippen molar-refractivity contribution in [3.8, 4) is 0 Å². The summed E-state index contributed by atoms with van der Waals surface area (Å²) in [5.74, 6) is -1.53. The van der Waals surface area contributed by atoms with Gasteiger partial charge in [-0.3, -0.25) is 14.4 Å². The van der Waals surface area contributed by atoms with Gasteiger partial charge >= 0.3 is 0 Å². The summed E-state index contributed by atoms with van der Waals surface area (Å²) < 4.78 is 13.1. The first-order valence-corrected chi connectivity index (χ1v) is 10.7. The molecule has 0 bridgehead atoms. The Labute approximate surface area is 181 Å². The minimum atomic E-state index is -0.666. The summed E-state index contributed by atoms with van der Waals surface area (Å²) in [6.45, 7) is 4.34. The second-order valence-corrected chi connectivity index (χ2v) is 8.14. The number of halogens is 1. The molecule has 3 amide bonds. The van der Waals surface area contributed by atoms with Crippen LogP contribution in [0, 0.1) is 18.7 Å². The zero-order chi connectivity index (χ0) is 22.0. The average Bonchev–Trinajstić information content (AvgIpc) is 2.99. The summed E-state index contributed by atoms with van der Waals surface area (Å²) in [6.07, 6.45) is 1.14. The van der Waals surface area contributed by atoms with Crippen molar-refractivity contribution in [3.63, 3.8) is 0 Å². The van der Waals surface area contributed by atoms with Gasteiger partial charge in [0.05, 0.1) is 0 Å². The van der Waals surface area contributed by atoms with Crippen molar-refractivity contribution in [2.75, 3.05) is 37.6 Å². The van der Waals surface area contributed by atoms with Gasteiger partial charge < -0.3 is 14.7 Å². The lowest BCUT2D eigenvalue weighted by molar-refractivity contribution is -0.139. The monoisotopic (exact) mass is 423 g/mol.